The van der Waals surface area contributed by atoms with Crippen LogP contribution in [0, 0.1) is 0 Å². The van der Waals surface area contributed by atoms with Gasteiger partial charge in [0.05, 0.1) is 12.3 Å². The van der Waals surface area contributed by atoms with Crippen molar-refractivity contribution >= 4 is 0 Å². The van der Waals surface area contributed by atoms with Gasteiger partial charge in [-0.25, -0.2) is 10.1 Å². The van der Waals surface area contributed by atoms with Gasteiger partial charge in [-0.15, -0.1) is 0 Å². The van der Waals surface area contributed by atoms with E-state index in [1.54, 1.807) is 0 Å². The Morgan fingerprint density at radius 2 is 2.36 bits per heavy atom. The van der Waals surface area contributed by atoms with Crippen molar-refractivity contribution < 1.29 is 5.11 Å². The molecular weight excluding hydrogens is 140 g/mol. The van der Waals surface area contributed by atoms with Crippen LogP contribution >= 0.6 is 0 Å². The van der Waals surface area contributed by atoms with E-state index in [-0.39, 0.29) is 6.61 Å². The maximum atomic E-state index is 10.3. The van der Waals surface area contributed by atoms with Crippen LogP contribution in [-0.2, 0) is 24.4 Å². The first-order valence-corrected chi connectivity index (χ1v) is 4.05. The third kappa shape index (κ3) is 1.16. The Kier molecular flexibility index (Phi) is 1.66. The number of H-pyrrole nitrogens is 1. The highest BCUT2D eigenvalue weighted by atomic mass is 16.3. The van der Waals surface area contributed by atoms with Gasteiger partial charge in [0.15, 0.2) is 0 Å². The molecule has 0 atom stereocenters. The minimum absolute atomic E-state index is 0.0631. The minimum atomic E-state index is -0.0631. The van der Waals surface area contributed by atoms with Crippen LogP contribution in [0.2, 0.25) is 0 Å². The number of hydrogen-bond donors (Lipinski definition) is 1. The molecule has 3 heteroatoms. The molecule has 1 aliphatic rings. The molecule has 0 saturated carbocycles. The lowest BCUT2D eigenvalue weighted by molar-refractivity contribution is 0.195. The van der Waals surface area contributed by atoms with Crippen molar-refractivity contribution in [1.82, 2.24) is 9.97 Å². The van der Waals surface area contributed by atoms with Crippen molar-refractivity contribution in [2.24, 2.45) is 0 Å². The highest BCUT2D eigenvalue weighted by Crippen LogP contribution is 2.18. The Morgan fingerprint density at radius 1 is 1.45 bits per heavy atom. The molecule has 1 N–H and O–H groups in total. The number of nitrogens with zero attached hydrogens (tertiary/aromatic N) is 1. The second-order valence-corrected chi connectivity index (χ2v) is 2.92. The standard InChI is InChI=1S/C8H11N2O/c11-5-4-8-9-6-2-1-3-7(6)10-8/h1-5H2,(H,9,10). The molecule has 1 aromatic rings. The minimum Gasteiger partial charge on any atom is -0.346 e. The van der Waals surface area contributed by atoms with Crippen molar-refractivity contribution in [3.8, 4) is 0 Å². The molecule has 0 unspecified atom stereocenters. The average Bonchev–Trinajstić information content (AvgIpc) is 2.46. The van der Waals surface area contributed by atoms with Gasteiger partial charge in [0, 0.05) is 12.1 Å². The topological polar surface area (TPSA) is 48.6 Å². The molecule has 0 saturated heterocycles. The van der Waals surface area contributed by atoms with E-state index >= 15 is 0 Å². The smallest absolute Gasteiger partial charge is 0.109 e. The van der Waals surface area contributed by atoms with E-state index in [0.29, 0.717) is 6.42 Å². The maximum absolute atomic E-state index is 10.3. The summed E-state index contributed by atoms with van der Waals surface area (Å²) in [5, 5.41) is 10.3. The molecule has 0 bridgehead atoms. The van der Waals surface area contributed by atoms with Crippen LogP contribution in [0.25, 0.3) is 0 Å². The zero-order chi connectivity index (χ0) is 7.68. The molecule has 1 heterocycles. The predicted molar refractivity (Wildman–Crippen MR) is 39.9 cm³/mol. The molecule has 1 aromatic heterocycles. The Labute approximate surface area is 65.5 Å². The number of aryl methyl sites for hydroxylation is 2. The van der Waals surface area contributed by atoms with Crippen LogP contribution in [0.1, 0.15) is 23.6 Å². The second-order valence-electron chi connectivity index (χ2n) is 2.92. The fraction of sp³-hybridized carbons (Fsp3) is 0.625. The van der Waals surface area contributed by atoms with E-state index in [9.17, 15) is 5.11 Å². The molecule has 1 radical (unpaired) electrons. The Bertz CT molecular complexity index is 233. The van der Waals surface area contributed by atoms with Crippen LogP contribution in [0.3, 0.4) is 0 Å². The number of rotatable bonds is 2. The summed E-state index contributed by atoms with van der Waals surface area (Å²) in [6, 6.07) is 0. The Hall–Kier alpha value is -0.830. The largest absolute Gasteiger partial charge is 0.346 e. The van der Waals surface area contributed by atoms with E-state index in [4.69, 9.17) is 0 Å². The molecule has 0 spiro atoms. The molecule has 0 aliphatic heterocycles. The summed E-state index contributed by atoms with van der Waals surface area (Å²) in [4.78, 5) is 7.51. The lowest BCUT2D eigenvalue weighted by Crippen LogP contribution is -1.93. The van der Waals surface area contributed by atoms with Gasteiger partial charge in [-0.05, 0) is 19.3 Å². The average molecular weight is 151 g/mol. The second kappa shape index (κ2) is 2.66. The first kappa shape index (κ1) is 6.85. The zero-order valence-electron chi connectivity index (χ0n) is 6.39. The molecule has 3 nitrogen and oxygen atoms in total. The number of fused-ring (bicyclic) bond motifs is 1. The quantitative estimate of drug-likeness (QED) is 0.669. The van der Waals surface area contributed by atoms with E-state index < -0.39 is 0 Å². The van der Waals surface area contributed by atoms with Crippen molar-refractivity contribution in [3.63, 3.8) is 0 Å². The van der Waals surface area contributed by atoms with Crippen LogP contribution in [0.5, 0.6) is 0 Å². The fourth-order valence-electron chi connectivity index (χ4n) is 1.57. The van der Waals surface area contributed by atoms with Gasteiger partial charge in [0.1, 0.15) is 5.82 Å². The molecule has 0 aromatic carbocycles. The summed E-state index contributed by atoms with van der Waals surface area (Å²) < 4.78 is 0. The summed E-state index contributed by atoms with van der Waals surface area (Å²) in [5.74, 6) is 0.879. The van der Waals surface area contributed by atoms with Gasteiger partial charge in [-0.1, -0.05) is 0 Å². The number of imidazole rings is 1. The summed E-state index contributed by atoms with van der Waals surface area (Å²) in [5.41, 5.74) is 2.45. The molecule has 1 aliphatic carbocycles. The van der Waals surface area contributed by atoms with Gasteiger partial charge < -0.3 is 4.98 Å². The Morgan fingerprint density at radius 3 is 3.09 bits per heavy atom. The van der Waals surface area contributed by atoms with Crippen molar-refractivity contribution in [3.05, 3.63) is 17.2 Å². The van der Waals surface area contributed by atoms with Gasteiger partial charge >= 0.3 is 0 Å². The number of hydrogen-bond acceptors (Lipinski definition) is 1. The summed E-state index contributed by atoms with van der Waals surface area (Å²) >= 11 is 0. The third-order valence-electron chi connectivity index (χ3n) is 2.09. The number of nitrogens with one attached hydrogen (secondary N) is 1. The van der Waals surface area contributed by atoms with E-state index in [0.717, 1.165) is 18.7 Å². The monoisotopic (exact) mass is 151 g/mol. The van der Waals surface area contributed by atoms with Gasteiger partial charge in [0.25, 0.3) is 0 Å². The fourth-order valence-corrected chi connectivity index (χ4v) is 1.57. The highest BCUT2D eigenvalue weighted by molar-refractivity contribution is 5.19. The maximum Gasteiger partial charge on any atom is 0.109 e. The lowest BCUT2D eigenvalue weighted by atomic mass is 10.3. The summed E-state index contributed by atoms with van der Waals surface area (Å²) in [6.07, 6.45) is 3.96. The summed E-state index contributed by atoms with van der Waals surface area (Å²) in [7, 11) is 0. The number of aromatic nitrogens is 2. The van der Waals surface area contributed by atoms with Crippen LogP contribution < -0.4 is 0 Å². The summed E-state index contributed by atoms with van der Waals surface area (Å²) in [6.45, 7) is -0.0631. The normalized spacial score (nSPS) is 15.4. The first-order valence-electron chi connectivity index (χ1n) is 4.05. The predicted octanol–water partition coefficient (Wildman–Crippen LogP) is 0.871. The van der Waals surface area contributed by atoms with Gasteiger partial charge in [-0.3, -0.25) is 0 Å². The first-order chi connectivity index (χ1) is 5.40. The lowest BCUT2D eigenvalue weighted by Gasteiger charge is -1.89. The van der Waals surface area contributed by atoms with Crippen LogP contribution in [0.4, 0.5) is 0 Å². The van der Waals surface area contributed by atoms with E-state index in [1.807, 2.05) is 0 Å². The van der Waals surface area contributed by atoms with E-state index in [2.05, 4.69) is 9.97 Å². The zero-order valence-corrected chi connectivity index (χ0v) is 6.39. The van der Waals surface area contributed by atoms with Crippen LogP contribution in [0.15, 0.2) is 0 Å². The van der Waals surface area contributed by atoms with Crippen molar-refractivity contribution in [1.29, 1.82) is 0 Å². The van der Waals surface area contributed by atoms with Crippen LogP contribution in [-0.4, -0.2) is 16.6 Å². The highest BCUT2D eigenvalue weighted by Gasteiger charge is 2.14. The molecule has 0 amide bonds. The molecule has 11 heavy (non-hydrogen) atoms. The number of aromatic amines is 1. The van der Waals surface area contributed by atoms with E-state index in [1.165, 1.54) is 17.8 Å². The van der Waals surface area contributed by atoms with Gasteiger partial charge in [0.2, 0.25) is 0 Å². The third-order valence-corrected chi connectivity index (χ3v) is 2.09. The van der Waals surface area contributed by atoms with Crippen molar-refractivity contribution in [2.75, 3.05) is 6.61 Å². The van der Waals surface area contributed by atoms with Gasteiger partial charge in [-0.2, -0.15) is 0 Å². The molecule has 59 valence electrons. The molecule has 0 fully saturated rings. The van der Waals surface area contributed by atoms with Crippen molar-refractivity contribution in [2.45, 2.75) is 25.7 Å². The SMILES string of the molecule is [O]CCc1nc2c([nH]1)CCC2. The Balaban J connectivity index is 2.20. The molecular formula is C8H11N2O. The molecule has 2 rings (SSSR count).